The summed E-state index contributed by atoms with van der Waals surface area (Å²) in [6.45, 7) is 3.25. The van der Waals surface area contributed by atoms with Crippen molar-refractivity contribution in [3.05, 3.63) is 59.7 Å². The molecule has 6 heteroatoms. The van der Waals surface area contributed by atoms with E-state index in [9.17, 15) is 10.2 Å². The second-order valence-electron chi connectivity index (χ2n) is 7.11. The van der Waals surface area contributed by atoms with Crippen molar-refractivity contribution in [3.63, 3.8) is 0 Å². The maximum Gasteiger partial charge on any atom is 0.267 e. The Kier molecular flexibility index (Phi) is 6.63. The quantitative estimate of drug-likeness (QED) is 0.465. The Labute approximate surface area is 162 Å². The summed E-state index contributed by atoms with van der Waals surface area (Å²) in [7, 11) is 0. The highest BCUT2D eigenvalue weighted by Gasteiger charge is 2.68. The zero-order valence-electron chi connectivity index (χ0n) is 16.1. The van der Waals surface area contributed by atoms with Crippen LogP contribution in [0.1, 0.15) is 57.1 Å². The van der Waals surface area contributed by atoms with Gasteiger partial charge in [0.2, 0.25) is 0 Å². The molecule has 0 unspecified atom stereocenters. The van der Waals surface area contributed by atoms with Gasteiger partial charge in [-0.2, -0.15) is 0 Å². The molecule has 0 aliphatic carbocycles. The minimum atomic E-state index is -3.77. The molecule has 154 valence electrons. The average molecular weight is 398 g/mol. The van der Waals surface area contributed by atoms with Crippen molar-refractivity contribution in [3.8, 4) is 11.5 Å². The number of hydrogen-bond donors (Lipinski definition) is 2. The summed E-state index contributed by atoms with van der Waals surface area (Å²) in [5.74, 6) is -7.93. The highest BCUT2D eigenvalue weighted by Crippen LogP contribution is 2.58. The molecule has 2 aromatic rings. The van der Waals surface area contributed by atoms with Crippen molar-refractivity contribution in [1.82, 2.24) is 0 Å². The molecule has 0 aromatic heterocycles. The average Bonchev–Trinajstić information content (AvgIpc) is 2.63. The lowest BCUT2D eigenvalue weighted by Gasteiger charge is -2.46. The van der Waals surface area contributed by atoms with Crippen molar-refractivity contribution in [2.24, 2.45) is 0 Å². The number of hydrogen-bond acceptors (Lipinski definition) is 2. The van der Waals surface area contributed by atoms with Crippen LogP contribution in [-0.2, 0) is 5.41 Å². The molecule has 0 amide bonds. The number of unbranched alkanes of at least 4 members (excludes halogenated alkanes) is 1. The number of aromatic hydroxyl groups is 2. The molecule has 0 bridgehead atoms. The van der Waals surface area contributed by atoms with Gasteiger partial charge in [0.25, 0.3) is 11.8 Å². The van der Waals surface area contributed by atoms with E-state index in [2.05, 4.69) is 0 Å². The first-order chi connectivity index (χ1) is 13.1. The first-order valence-corrected chi connectivity index (χ1v) is 9.47. The summed E-state index contributed by atoms with van der Waals surface area (Å²) < 4.78 is 62.7. The van der Waals surface area contributed by atoms with E-state index >= 15 is 17.6 Å². The van der Waals surface area contributed by atoms with Gasteiger partial charge < -0.3 is 10.2 Å². The second kappa shape index (κ2) is 8.41. The SMILES string of the molecule is CCCCC(F)(F)C(c1ccc(O)cc1)(c1ccc(O)cc1)C(F)(F)CCC. The highest BCUT2D eigenvalue weighted by molar-refractivity contribution is 5.48. The Morgan fingerprint density at radius 3 is 1.39 bits per heavy atom. The zero-order chi connectivity index (χ0) is 21.0. The van der Waals surface area contributed by atoms with Gasteiger partial charge in [-0.3, -0.25) is 0 Å². The fourth-order valence-electron chi connectivity index (χ4n) is 3.79. The van der Waals surface area contributed by atoms with E-state index in [0.29, 0.717) is 6.42 Å². The number of phenols is 2. The summed E-state index contributed by atoms with van der Waals surface area (Å²) in [4.78, 5) is 0. The molecule has 0 radical (unpaired) electrons. The van der Waals surface area contributed by atoms with Gasteiger partial charge in [0.15, 0.2) is 0 Å². The fraction of sp³-hybridized carbons (Fsp3) is 0.455. The van der Waals surface area contributed by atoms with Crippen LogP contribution in [0.3, 0.4) is 0 Å². The molecule has 0 saturated carbocycles. The van der Waals surface area contributed by atoms with Crippen LogP contribution in [-0.4, -0.2) is 22.1 Å². The van der Waals surface area contributed by atoms with Gasteiger partial charge in [0, 0.05) is 12.8 Å². The van der Waals surface area contributed by atoms with Crippen LogP contribution in [0.5, 0.6) is 11.5 Å². The largest absolute Gasteiger partial charge is 0.508 e. The van der Waals surface area contributed by atoms with Gasteiger partial charge >= 0.3 is 0 Å². The topological polar surface area (TPSA) is 40.5 Å². The minimum Gasteiger partial charge on any atom is -0.508 e. The van der Waals surface area contributed by atoms with Crippen LogP contribution < -0.4 is 0 Å². The van der Waals surface area contributed by atoms with Gasteiger partial charge in [-0.1, -0.05) is 51.0 Å². The Bertz CT molecular complexity index is 710. The van der Waals surface area contributed by atoms with E-state index in [0.717, 1.165) is 48.5 Å². The van der Waals surface area contributed by atoms with E-state index in [4.69, 9.17) is 0 Å². The first-order valence-electron chi connectivity index (χ1n) is 9.47. The van der Waals surface area contributed by atoms with Crippen molar-refractivity contribution in [2.75, 3.05) is 0 Å². The Hall–Kier alpha value is -2.24. The zero-order valence-corrected chi connectivity index (χ0v) is 16.1. The molecule has 0 aliphatic heterocycles. The maximum atomic E-state index is 15.7. The van der Waals surface area contributed by atoms with Crippen molar-refractivity contribution >= 4 is 0 Å². The Morgan fingerprint density at radius 1 is 0.643 bits per heavy atom. The molecule has 28 heavy (non-hydrogen) atoms. The maximum absolute atomic E-state index is 15.7. The minimum absolute atomic E-state index is 0.0226. The smallest absolute Gasteiger partial charge is 0.267 e. The molecular formula is C22H26F4O2. The van der Waals surface area contributed by atoms with E-state index in [1.807, 2.05) is 0 Å². The number of alkyl halides is 4. The lowest BCUT2D eigenvalue weighted by Crippen LogP contribution is -2.58. The highest BCUT2D eigenvalue weighted by atomic mass is 19.3. The van der Waals surface area contributed by atoms with Crippen LogP contribution in [0.2, 0.25) is 0 Å². The van der Waals surface area contributed by atoms with Crippen molar-refractivity contribution in [1.29, 1.82) is 0 Å². The van der Waals surface area contributed by atoms with Gasteiger partial charge in [0.05, 0.1) is 0 Å². The monoisotopic (exact) mass is 398 g/mol. The van der Waals surface area contributed by atoms with Gasteiger partial charge in [-0.15, -0.1) is 0 Å². The predicted octanol–water partition coefficient (Wildman–Crippen LogP) is 6.64. The van der Waals surface area contributed by atoms with Crippen LogP contribution in [0, 0.1) is 0 Å². The number of rotatable bonds is 9. The molecule has 0 fully saturated rings. The number of halogens is 4. The fourth-order valence-corrected chi connectivity index (χ4v) is 3.79. The van der Waals surface area contributed by atoms with Crippen LogP contribution >= 0.6 is 0 Å². The van der Waals surface area contributed by atoms with Crippen LogP contribution in [0.25, 0.3) is 0 Å². The standard InChI is InChI=1S/C22H26F4O2/c1-3-5-15-21(25,26)22(20(23,24)14-4-2,16-6-10-18(27)11-7-16)17-8-12-19(28)13-9-17/h6-13,27-28H,3-5,14-15H2,1-2H3. The molecule has 2 aromatic carbocycles. The number of benzene rings is 2. The molecular weight excluding hydrogens is 372 g/mol. The van der Waals surface area contributed by atoms with Gasteiger partial charge in [-0.05, 0) is 41.8 Å². The molecule has 0 heterocycles. The third-order valence-electron chi connectivity index (χ3n) is 5.11. The first kappa shape index (κ1) is 22.1. The Morgan fingerprint density at radius 2 is 1.04 bits per heavy atom. The van der Waals surface area contributed by atoms with E-state index in [1.165, 1.54) is 6.92 Å². The van der Waals surface area contributed by atoms with E-state index < -0.39 is 30.1 Å². The van der Waals surface area contributed by atoms with Gasteiger partial charge in [-0.25, -0.2) is 17.6 Å². The van der Waals surface area contributed by atoms with E-state index in [1.54, 1.807) is 6.92 Å². The molecule has 0 saturated heterocycles. The summed E-state index contributed by atoms with van der Waals surface area (Å²) in [6, 6.07) is 9.09. The summed E-state index contributed by atoms with van der Waals surface area (Å²) >= 11 is 0. The lowest BCUT2D eigenvalue weighted by molar-refractivity contribution is -0.184. The van der Waals surface area contributed by atoms with Crippen molar-refractivity contribution in [2.45, 2.75) is 63.2 Å². The van der Waals surface area contributed by atoms with Crippen LogP contribution in [0.15, 0.2) is 48.5 Å². The third kappa shape index (κ3) is 3.82. The number of phenolic OH excluding ortho intramolecular Hbond substituents is 2. The second-order valence-corrected chi connectivity index (χ2v) is 7.11. The summed E-state index contributed by atoms with van der Waals surface area (Å²) in [6.07, 6.45) is -0.876. The molecule has 0 aliphatic rings. The molecule has 2 N–H and O–H groups in total. The Balaban J connectivity index is 2.89. The molecule has 2 nitrogen and oxygen atoms in total. The van der Waals surface area contributed by atoms with E-state index in [-0.39, 0.29) is 35.5 Å². The third-order valence-corrected chi connectivity index (χ3v) is 5.11. The molecule has 0 atom stereocenters. The van der Waals surface area contributed by atoms with Crippen LogP contribution in [0.4, 0.5) is 17.6 Å². The lowest BCUT2D eigenvalue weighted by atomic mass is 9.63. The summed E-state index contributed by atoms with van der Waals surface area (Å²) in [5.41, 5.74) is -3.46. The van der Waals surface area contributed by atoms with Gasteiger partial charge in [0.1, 0.15) is 16.9 Å². The molecule has 2 rings (SSSR count). The summed E-state index contributed by atoms with van der Waals surface area (Å²) in [5, 5.41) is 19.1. The molecule has 0 spiro atoms. The normalized spacial score (nSPS) is 12.9. The predicted molar refractivity (Wildman–Crippen MR) is 101 cm³/mol. The van der Waals surface area contributed by atoms with Crippen molar-refractivity contribution < 1.29 is 27.8 Å².